The van der Waals surface area contributed by atoms with Gasteiger partial charge in [-0.05, 0) is 26.4 Å². The molecular weight excluding hydrogens is 204 g/mol. The zero-order valence-electron chi connectivity index (χ0n) is 10.7. The van der Waals surface area contributed by atoms with E-state index in [1.165, 1.54) is 0 Å². The number of hydrogen-bond donors (Lipinski definition) is 0. The molecule has 1 rings (SSSR count). The van der Waals surface area contributed by atoms with E-state index in [0.29, 0.717) is 0 Å². The number of hydrogen-bond acceptors (Lipinski definition) is 3. The Kier molecular flexibility index (Phi) is 5.60. The molecule has 4 nitrogen and oxygen atoms in total. The van der Waals surface area contributed by atoms with Crippen LogP contribution in [0.3, 0.4) is 0 Å². The van der Waals surface area contributed by atoms with E-state index in [-0.39, 0.29) is 12.2 Å². The Morgan fingerprint density at radius 2 is 2.19 bits per heavy atom. The molecule has 0 N–H and O–H groups in total. The van der Waals surface area contributed by atoms with Crippen molar-refractivity contribution < 1.29 is 9.53 Å². The molecule has 0 saturated carbocycles. The van der Waals surface area contributed by atoms with Crippen molar-refractivity contribution in [1.82, 2.24) is 9.80 Å². The standard InChI is InChI=1S/C12H24N2O2/c1-4-6-8-14-10-11(16-12(14)15)9-13(3)7-5-2/h11H,4-10H2,1-3H3. The molecule has 1 saturated heterocycles. The highest BCUT2D eigenvalue weighted by Crippen LogP contribution is 2.13. The van der Waals surface area contributed by atoms with E-state index in [2.05, 4.69) is 25.8 Å². The van der Waals surface area contributed by atoms with Crippen LogP contribution in [-0.4, -0.2) is 55.2 Å². The third-order valence-electron chi connectivity index (χ3n) is 2.85. The van der Waals surface area contributed by atoms with Crippen LogP contribution in [0.2, 0.25) is 0 Å². The van der Waals surface area contributed by atoms with Gasteiger partial charge in [-0.1, -0.05) is 20.3 Å². The molecule has 0 spiro atoms. The summed E-state index contributed by atoms with van der Waals surface area (Å²) in [7, 11) is 2.08. The van der Waals surface area contributed by atoms with Crippen LogP contribution >= 0.6 is 0 Å². The summed E-state index contributed by atoms with van der Waals surface area (Å²) in [6, 6.07) is 0. The van der Waals surface area contributed by atoms with Crippen LogP contribution in [0.4, 0.5) is 4.79 Å². The topological polar surface area (TPSA) is 32.8 Å². The molecule has 94 valence electrons. The number of nitrogens with zero attached hydrogens (tertiary/aromatic N) is 2. The van der Waals surface area contributed by atoms with Crippen LogP contribution in [0.5, 0.6) is 0 Å². The highest BCUT2D eigenvalue weighted by atomic mass is 16.6. The first-order chi connectivity index (χ1) is 7.67. The number of ether oxygens (including phenoxy) is 1. The van der Waals surface area contributed by atoms with Crippen LogP contribution in [0.25, 0.3) is 0 Å². The molecule has 1 aliphatic heterocycles. The van der Waals surface area contributed by atoms with Gasteiger partial charge in [0, 0.05) is 13.1 Å². The third-order valence-corrected chi connectivity index (χ3v) is 2.85. The second kappa shape index (κ2) is 6.74. The predicted octanol–water partition coefficient (Wildman–Crippen LogP) is 1.95. The Bertz CT molecular complexity index is 221. The van der Waals surface area contributed by atoms with Crippen LogP contribution in [-0.2, 0) is 4.74 Å². The summed E-state index contributed by atoms with van der Waals surface area (Å²) in [5.41, 5.74) is 0. The second-order valence-electron chi connectivity index (χ2n) is 4.57. The number of unbranched alkanes of at least 4 members (excludes halogenated alkanes) is 1. The maximum atomic E-state index is 11.5. The first-order valence-corrected chi connectivity index (χ1v) is 6.31. The van der Waals surface area contributed by atoms with Gasteiger partial charge >= 0.3 is 6.09 Å². The average Bonchev–Trinajstić information content (AvgIpc) is 2.56. The molecule has 0 aromatic rings. The third kappa shape index (κ3) is 4.00. The molecular formula is C12H24N2O2. The zero-order valence-corrected chi connectivity index (χ0v) is 10.7. The van der Waals surface area contributed by atoms with E-state index in [4.69, 9.17) is 4.74 Å². The highest BCUT2D eigenvalue weighted by Gasteiger charge is 2.30. The van der Waals surface area contributed by atoms with Crippen molar-refractivity contribution >= 4 is 6.09 Å². The van der Waals surface area contributed by atoms with Gasteiger partial charge in [0.15, 0.2) is 0 Å². The largest absolute Gasteiger partial charge is 0.443 e. The molecule has 0 aromatic heterocycles. The first-order valence-electron chi connectivity index (χ1n) is 6.31. The van der Waals surface area contributed by atoms with Gasteiger partial charge in [-0.3, -0.25) is 0 Å². The quantitative estimate of drug-likeness (QED) is 0.667. The summed E-state index contributed by atoms with van der Waals surface area (Å²) in [5.74, 6) is 0. The number of amides is 1. The van der Waals surface area contributed by atoms with Gasteiger partial charge in [0.1, 0.15) is 6.10 Å². The van der Waals surface area contributed by atoms with Crippen LogP contribution < -0.4 is 0 Å². The lowest BCUT2D eigenvalue weighted by atomic mass is 10.3. The van der Waals surface area contributed by atoms with E-state index >= 15 is 0 Å². The Labute approximate surface area is 98.5 Å². The molecule has 1 atom stereocenters. The number of carbonyl (C=O) groups is 1. The lowest BCUT2D eigenvalue weighted by Crippen LogP contribution is -2.33. The number of carbonyl (C=O) groups excluding carboxylic acids is 1. The molecule has 1 heterocycles. The van der Waals surface area contributed by atoms with E-state index < -0.39 is 0 Å². The fourth-order valence-electron chi connectivity index (χ4n) is 2.02. The SMILES string of the molecule is CCCCN1CC(CN(C)CCC)OC1=O. The Hall–Kier alpha value is -0.770. The number of likely N-dealkylation sites (N-methyl/N-ethyl adjacent to an activating group) is 1. The molecule has 0 radical (unpaired) electrons. The van der Waals surface area contributed by atoms with E-state index in [1.54, 1.807) is 0 Å². The molecule has 0 aromatic carbocycles. The van der Waals surface area contributed by atoms with Crippen molar-refractivity contribution in [3.05, 3.63) is 0 Å². The van der Waals surface area contributed by atoms with Crippen molar-refractivity contribution in [3.8, 4) is 0 Å². The van der Waals surface area contributed by atoms with Gasteiger partial charge in [0.05, 0.1) is 6.54 Å². The Morgan fingerprint density at radius 1 is 1.44 bits per heavy atom. The maximum absolute atomic E-state index is 11.5. The van der Waals surface area contributed by atoms with Crippen molar-refractivity contribution in [2.24, 2.45) is 0 Å². The smallest absolute Gasteiger partial charge is 0.410 e. The second-order valence-corrected chi connectivity index (χ2v) is 4.57. The summed E-state index contributed by atoms with van der Waals surface area (Å²) in [4.78, 5) is 15.6. The lowest BCUT2D eigenvalue weighted by molar-refractivity contribution is 0.113. The number of rotatable bonds is 7. The van der Waals surface area contributed by atoms with Crippen LogP contribution in [0.1, 0.15) is 33.1 Å². The predicted molar refractivity (Wildman–Crippen MR) is 64.5 cm³/mol. The average molecular weight is 228 g/mol. The van der Waals surface area contributed by atoms with Gasteiger partial charge in [-0.15, -0.1) is 0 Å². The minimum Gasteiger partial charge on any atom is -0.443 e. The summed E-state index contributed by atoms with van der Waals surface area (Å²) in [6.45, 7) is 7.79. The Balaban J connectivity index is 2.29. The van der Waals surface area contributed by atoms with E-state index in [1.807, 2.05) is 4.90 Å². The van der Waals surface area contributed by atoms with Crippen molar-refractivity contribution in [3.63, 3.8) is 0 Å². The summed E-state index contributed by atoms with van der Waals surface area (Å²) < 4.78 is 5.33. The lowest BCUT2D eigenvalue weighted by Gasteiger charge is -2.18. The van der Waals surface area contributed by atoms with Crippen LogP contribution in [0.15, 0.2) is 0 Å². The monoisotopic (exact) mass is 228 g/mol. The molecule has 1 fully saturated rings. The van der Waals surface area contributed by atoms with Gasteiger partial charge in [0.25, 0.3) is 0 Å². The number of cyclic esters (lactones) is 1. The highest BCUT2D eigenvalue weighted by molar-refractivity contribution is 5.69. The molecule has 1 amide bonds. The molecule has 0 bridgehead atoms. The summed E-state index contributed by atoms with van der Waals surface area (Å²) in [6.07, 6.45) is 3.23. The van der Waals surface area contributed by atoms with Crippen LogP contribution in [0, 0.1) is 0 Å². The minimum atomic E-state index is -0.136. The van der Waals surface area contributed by atoms with Crippen molar-refractivity contribution in [2.75, 3.05) is 33.2 Å². The molecule has 0 aliphatic carbocycles. The molecule has 16 heavy (non-hydrogen) atoms. The minimum absolute atomic E-state index is 0.0564. The van der Waals surface area contributed by atoms with Crippen molar-refractivity contribution in [1.29, 1.82) is 0 Å². The molecule has 4 heteroatoms. The fourth-order valence-corrected chi connectivity index (χ4v) is 2.02. The van der Waals surface area contributed by atoms with Crippen molar-refractivity contribution in [2.45, 2.75) is 39.2 Å². The molecule has 1 unspecified atom stereocenters. The van der Waals surface area contributed by atoms with E-state index in [0.717, 1.165) is 45.4 Å². The van der Waals surface area contributed by atoms with Gasteiger partial charge in [0.2, 0.25) is 0 Å². The first kappa shape index (κ1) is 13.3. The summed E-state index contributed by atoms with van der Waals surface area (Å²) in [5, 5.41) is 0. The Morgan fingerprint density at radius 3 is 2.81 bits per heavy atom. The van der Waals surface area contributed by atoms with Gasteiger partial charge in [-0.25, -0.2) is 4.79 Å². The molecule has 1 aliphatic rings. The normalized spacial score (nSPS) is 20.6. The maximum Gasteiger partial charge on any atom is 0.410 e. The van der Waals surface area contributed by atoms with E-state index in [9.17, 15) is 4.79 Å². The summed E-state index contributed by atoms with van der Waals surface area (Å²) >= 11 is 0. The van der Waals surface area contributed by atoms with Gasteiger partial charge in [-0.2, -0.15) is 0 Å². The van der Waals surface area contributed by atoms with Gasteiger partial charge < -0.3 is 14.5 Å². The zero-order chi connectivity index (χ0) is 12.0. The fraction of sp³-hybridized carbons (Fsp3) is 0.917.